The van der Waals surface area contributed by atoms with Gasteiger partial charge in [0.05, 0.1) is 12.1 Å². The number of hydrogen-bond donors (Lipinski definition) is 2. The van der Waals surface area contributed by atoms with Crippen LogP contribution in [-0.2, 0) is 4.74 Å². The molecule has 110 valence electrons. The first kappa shape index (κ1) is 14.7. The Bertz CT molecular complexity index is 478. The summed E-state index contributed by atoms with van der Waals surface area (Å²) in [6, 6.07) is 3.91. The van der Waals surface area contributed by atoms with E-state index in [0.717, 1.165) is 13.1 Å². The highest BCUT2D eigenvalue weighted by Crippen LogP contribution is 2.19. The van der Waals surface area contributed by atoms with Crippen LogP contribution in [0.3, 0.4) is 0 Å². The molecule has 1 aliphatic heterocycles. The van der Waals surface area contributed by atoms with E-state index in [1.807, 2.05) is 0 Å². The monoisotopic (exact) mass is 278 g/mol. The van der Waals surface area contributed by atoms with Gasteiger partial charge in [-0.2, -0.15) is 0 Å². The lowest BCUT2D eigenvalue weighted by Gasteiger charge is -2.20. The summed E-state index contributed by atoms with van der Waals surface area (Å²) in [6.45, 7) is 6.11. The summed E-state index contributed by atoms with van der Waals surface area (Å²) in [5, 5.41) is 3.34. The molecule has 6 heteroatoms. The second-order valence-electron chi connectivity index (χ2n) is 5.37. The van der Waals surface area contributed by atoms with E-state index < -0.39 is 5.91 Å². The van der Waals surface area contributed by atoms with Crippen molar-refractivity contribution in [1.29, 1.82) is 0 Å². The molecule has 0 bridgehead atoms. The average molecular weight is 278 g/mol. The Labute approximate surface area is 119 Å². The van der Waals surface area contributed by atoms with E-state index in [9.17, 15) is 4.79 Å². The number of primary amides is 1. The van der Waals surface area contributed by atoms with Gasteiger partial charge in [-0.3, -0.25) is 9.69 Å². The molecular formula is C14H22N4O2. The molecule has 1 aliphatic rings. The number of pyridine rings is 1. The van der Waals surface area contributed by atoms with Crippen molar-refractivity contribution in [1.82, 2.24) is 9.88 Å². The number of anilines is 1. The van der Waals surface area contributed by atoms with Crippen LogP contribution in [0.25, 0.3) is 0 Å². The molecule has 20 heavy (non-hydrogen) atoms. The Hall–Kier alpha value is -1.66. The summed E-state index contributed by atoms with van der Waals surface area (Å²) in [5.41, 5.74) is 5.73. The Morgan fingerprint density at radius 3 is 2.90 bits per heavy atom. The Balaban J connectivity index is 2.08. The van der Waals surface area contributed by atoms with Crippen LogP contribution in [0.2, 0.25) is 0 Å². The van der Waals surface area contributed by atoms with Gasteiger partial charge in [0.2, 0.25) is 5.91 Å². The van der Waals surface area contributed by atoms with Crippen LogP contribution in [0.4, 0.5) is 5.82 Å². The third-order valence-electron chi connectivity index (χ3n) is 3.71. The molecule has 0 aromatic carbocycles. The second-order valence-corrected chi connectivity index (χ2v) is 5.37. The minimum absolute atomic E-state index is 0.108. The van der Waals surface area contributed by atoms with Crippen molar-refractivity contribution in [2.45, 2.75) is 32.0 Å². The van der Waals surface area contributed by atoms with Crippen molar-refractivity contribution in [2.24, 2.45) is 5.73 Å². The molecule has 1 aromatic heterocycles. The van der Waals surface area contributed by atoms with Gasteiger partial charge in [0, 0.05) is 38.0 Å². The normalized spacial score (nSPS) is 23.2. The summed E-state index contributed by atoms with van der Waals surface area (Å²) in [5.74, 6) is 0.202. The molecule has 0 spiro atoms. The van der Waals surface area contributed by atoms with Gasteiger partial charge in [-0.25, -0.2) is 4.98 Å². The van der Waals surface area contributed by atoms with Gasteiger partial charge >= 0.3 is 0 Å². The number of rotatable bonds is 5. The fourth-order valence-corrected chi connectivity index (χ4v) is 2.45. The van der Waals surface area contributed by atoms with Crippen molar-refractivity contribution < 1.29 is 9.53 Å². The lowest BCUT2D eigenvalue weighted by Crippen LogP contribution is -2.34. The first-order chi connectivity index (χ1) is 9.51. The van der Waals surface area contributed by atoms with Crippen LogP contribution in [-0.4, -0.2) is 54.2 Å². The van der Waals surface area contributed by atoms with Crippen molar-refractivity contribution in [3.05, 3.63) is 23.9 Å². The van der Waals surface area contributed by atoms with E-state index in [0.29, 0.717) is 17.4 Å². The molecule has 1 aromatic rings. The van der Waals surface area contributed by atoms with E-state index in [1.54, 1.807) is 25.4 Å². The fraction of sp³-hybridized carbons (Fsp3) is 0.571. The van der Waals surface area contributed by atoms with Crippen LogP contribution in [0.1, 0.15) is 24.2 Å². The maximum Gasteiger partial charge on any atom is 0.248 e. The van der Waals surface area contributed by atoms with Gasteiger partial charge in [-0.1, -0.05) is 0 Å². The number of nitrogens with zero attached hydrogens (tertiary/aromatic N) is 2. The number of nitrogens with two attached hydrogens (primary N) is 1. The SMILES string of the molecule is CO[C@H]1CN(C(C)C)C[C@@H]1Nc1cc(C(N)=O)ccn1. The third kappa shape index (κ3) is 3.26. The molecule has 1 amide bonds. The van der Waals surface area contributed by atoms with Gasteiger partial charge in [-0.05, 0) is 26.0 Å². The van der Waals surface area contributed by atoms with Gasteiger partial charge in [-0.15, -0.1) is 0 Å². The molecule has 3 N–H and O–H groups in total. The first-order valence-electron chi connectivity index (χ1n) is 6.80. The zero-order chi connectivity index (χ0) is 14.7. The molecule has 1 fully saturated rings. The van der Waals surface area contributed by atoms with E-state index in [1.165, 1.54) is 0 Å². The molecule has 1 saturated heterocycles. The van der Waals surface area contributed by atoms with E-state index in [-0.39, 0.29) is 12.1 Å². The molecule has 2 rings (SSSR count). The quantitative estimate of drug-likeness (QED) is 0.828. The topological polar surface area (TPSA) is 80.5 Å². The van der Waals surface area contributed by atoms with Crippen molar-refractivity contribution in [3.8, 4) is 0 Å². The number of aromatic nitrogens is 1. The summed E-state index contributed by atoms with van der Waals surface area (Å²) in [7, 11) is 1.72. The third-order valence-corrected chi connectivity index (χ3v) is 3.71. The lowest BCUT2D eigenvalue weighted by atomic mass is 10.2. The van der Waals surface area contributed by atoms with E-state index in [2.05, 4.69) is 29.0 Å². The lowest BCUT2D eigenvalue weighted by molar-refractivity contribution is 0.0983. The van der Waals surface area contributed by atoms with Crippen molar-refractivity contribution in [2.75, 3.05) is 25.5 Å². The zero-order valence-corrected chi connectivity index (χ0v) is 12.2. The van der Waals surface area contributed by atoms with Crippen LogP contribution < -0.4 is 11.1 Å². The number of amides is 1. The van der Waals surface area contributed by atoms with Crippen LogP contribution in [0.15, 0.2) is 18.3 Å². The van der Waals surface area contributed by atoms with Crippen molar-refractivity contribution in [3.63, 3.8) is 0 Å². The predicted octanol–water partition coefficient (Wildman–Crippen LogP) is 0.700. The highest BCUT2D eigenvalue weighted by molar-refractivity contribution is 5.93. The number of carbonyl (C=O) groups excluding carboxylic acids is 1. The number of ether oxygens (including phenoxy) is 1. The largest absolute Gasteiger partial charge is 0.378 e. The van der Waals surface area contributed by atoms with Crippen LogP contribution in [0.5, 0.6) is 0 Å². The zero-order valence-electron chi connectivity index (χ0n) is 12.2. The van der Waals surface area contributed by atoms with Crippen molar-refractivity contribution >= 4 is 11.7 Å². The van der Waals surface area contributed by atoms with E-state index in [4.69, 9.17) is 10.5 Å². The number of nitrogens with one attached hydrogen (secondary N) is 1. The van der Waals surface area contributed by atoms with Gasteiger partial charge < -0.3 is 15.8 Å². The molecule has 0 radical (unpaired) electrons. The average Bonchev–Trinajstić information content (AvgIpc) is 2.82. The molecular weight excluding hydrogens is 256 g/mol. The molecule has 2 atom stereocenters. The highest BCUT2D eigenvalue weighted by Gasteiger charge is 2.34. The van der Waals surface area contributed by atoms with Crippen LogP contribution >= 0.6 is 0 Å². The molecule has 0 unspecified atom stereocenters. The van der Waals surface area contributed by atoms with Gasteiger partial charge in [0.1, 0.15) is 5.82 Å². The first-order valence-corrected chi connectivity index (χ1v) is 6.80. The summed E-state index contributed by atoms with van der Waals surface area (Å²) in [6.07, 6.45) is 1.69. The maximum absolute atomic E-state index is 11.2. The second kappa shape index (κ2) is 6.19. The Kier molecular flexibility index (Phi) is 4.57. The molecule has 0 aliphatic carbocycles. The molecule has 6 nitrogen and oxygen atoms in total. The Morgan fingerprint density at radius 1 is 1.55 bits per heavy atom. The number of hydrogen-bond acceptors (Lipinski definition) is 5. The summed E-state index contributed by atoms with van der Waals surface area (Å²) >= 11 is 0. The molecule has 2 heterocycles. The van der Waals surface area contributed by atoms with Gasteiger partial charge in [0.15, 0.2) is 0 Å². The number of likely N-dealkylation sites (tertiary alicyclic amines) is 1. The van der Waals surface area contributed by atoms with Crippen LogP contribution in [0, 0.1) is 0 Å². The summed E-state index contributed by atoms with van der Waals surface area (Å²) < 4.78 is 5.53. The predicted molar refractivity (Wildman–Crippen MR) is 77.7 cm³/mol. The summed E-state index contributed by atoms with van der Waals surface area (Å²) in [4.78, 5) is 17.8. The minimum atomic E-state index is -0.450. The smallest absolute Gasteiger partial charge is 0.248 e. The standard InChI is InChI=1S/C14H22N4O2/c1-9(2)18-7-11(12(8-18)20-3)17-13-6-10(14(15)19)4-5-16-13/h4-6,9,11-12H,7-8H2,1-3H3,(H2,15,19)(H,16,17)/t11-,12-/m0/s1. The fourth-order valence-electron chi connectivity index (χ4n) is 2.45. The number of carbonyl (C=O) groups is 1. The minimum Gasteiger partial charge on any atom is -0.378 e. The maximum atomic E-state index is 11.2. The Morgan fingerprint density at radius 2 is 2.30 bits per heavy atom. The number of methoxy groups -OCH3 is 1. The van der Waals surface area contributed by atoms with Gasteiger partial charge in [0.25, 0.3) is 0 Å². The van der Waals surface area contributed by atoms with E-state index >= 15 is 0 Å². The molecule has 0 saturated carbocycles. The highest BCUT2D eigenvalue weighted by atomic mass is 16.5.